The van der Waals surface area contributed by atoms with Gasteiger partial charge in [0.1, 0.15) is 10.6 Å². The van der Waals surface area contributed by atoms with Crippen LogP contribution in [-0.4, -0.2) is 42.3 Å². The van der Waals surface area contributed by atoms with Crippen LogP contribution in [0.1, 0.15) is 23.8 Å². The molecule has 112 valence electrons. The lowest BCUT2D eigenvalue weighted by Gasteiger charge is -2.20. The Hall–Kier alpha value is -1.38. The van der Waals surface area contributed by atoms with E-state index in [1.807, 2.05) is 6.92 Å². The fourth-order valence-corrected chi connectivity index (χ4v) is 4.46. The molecule has 2 unspecified atom stereocenters. The number of aryl methyl sites for hydroxylation is 1. The number of nitrogens with zero attached hydrogens (tertiary/aromatic N) is 2. The molecule has 1 aromatic rings. The summed E-state index contributed by atoms with van der Waals surface area (Å²) < 4.78 is 28.1. The van der Waals surface area contributed by atoms with Gasteiger partial charge >= 0.3 is 0 Å². The van der Waals surface area contributed by atoms with E-state index < -0.39 is 15.9 Å². The van der Waals surface area contributed by atoms with Crippen LogP contribution in [0.5, 0.6) is 0 Å². The molecule has 2 rings (SSSR count). The van der Waals surface area contributed by atoms with Crippen LogP contribution in [0.4, 0.5) is 0 Å². The van der Waals surface area contributed by atoms with E-state index in [9.17, 15) is 13.2 Å². The standard InChI is InChI=1S/C12H20N4O3S/c1-8-3-9(5-13)6-16(8)20(18,19)10-4-11(12(14)17)15(2)7-10/h4,7-9H,3,5-6,13H2,1-2H3,(H2,14,17). The first-order chi connectivity index (χ1) is 9.27. The Kier molecular flexibility index (Phi) is 3.90. The minimum absolute atomic E-state index is 0.0919. The summed E-state index contributed by atoms with van der Waals surface area (Å²) in [5.41, 5.74) is 11.0. The van der Waals surface area contributed by atoms with Crippen LogP contribution in [0.15, 0.2) is 17.2 Å². The average Bonchev–Trinajstić information content (AvgIpc) is 2.93. The topological polar surface area (TPSA) is 111 Å². The molecule has 1 fully saturated rings. The van der Waals surface area contributed by atoms with Gasteiger partial charge in [-0.25, -0.2) is 8.42 Å². The SMILES string of the molecule is CC1CC(CN)CN1S(=O)(=O)c1cc(C(N)=O)n(C)c1. The highest BCUT2D eigenvalue weighted by molar-refractivity contribution is 7.89. The van der Waals surface area contributed by atoms with Crippen molar-refractivity contribution in [3.05, 3.63) is 18.0 Å². The predicted octanol–water partition coefficient (Wildman–Crippen LogP) is -0.518. The van der Waals surface area contributed by atoms with Crippen LogP contribution in [0.25, 0.3) is 0 Å². The number of hydrogen-bond donors (Lipinski definition) is 2. The maximum atomic E-state index is 12.6. The van der Waals surface area contributed by atoms with Gasteiger partial charge in [-0.2, -0.15) is 4.31 Å². The molecule has 2 heterocycles. The van der Waals surface area contributed by atoms with Crippen molar-refractivity contribution in [1.82, 2.24) is 8.87 Å². The van der Waals surface area contributed by atoms with Gasteiger partial charge in [0, 0.05) is 25.8 Å². The van der Waals surface area contributed by atoms with E-state index in [4.69, 9.17) is 11.5 Å². The zero-order chi connectivity index (χ0) is 15.1. The molecule has 0 aromatic carbocycles. The molecular formula is C12H20N4O3S. The molecule has 1 amide bonds. The van der Waals surface area contributed by atoms with Crippen LogP contribution in [0, 0.1) is 5.92 Å². The Morgan fingerprint density at radius 3 is 2.60 bits per heavy atom. The van der Waals surface area contributed by atoms with Gasteiger partial charge in [-0.05, 0) is 31.9 Å². The van der Waals surface area contributed by atoms with Gasteiger partial charge in [-0.15, -0.1) is 0 Å². The molecule has 1 aliphatic heterocycles. The molecule has 7 nitrogen and oxygen atoms in total. The van der Waals surface area contributed by atoms with Crippen molar-refractivity contribution in [2.75, 3.05) is 13.1 Å². The van der Waals surface area contributed by atoms with Gasteiger partial charge in [0.05, 0.1) is 0 Å². The summed E-state index contributed by atoms with van der Waals surface area (Å²) >= 11 is 0. The van der Waals surface area contributed by atoms with Gasteiger partial charge in [0.2, 0.25) is 10.0 Å². The summed E-state index contributed by atoms with van der Waals surface area (Å²) in [7, 11) is -2.02. The van der Waals surface area contributed by atoms with Crippen LogP contribution in [0.2, 0.25) is 0 Å². The lowest BCUT2D eigenvalue weighted by atomic mass is 10.1. The van der Waals surface area contributed by atoms with E-state index in [-0.39, 0.29) is 22.5 Å². The summed E-state index contributed by atoms with van der Waals surface area (Å²) in [6, 6.07) is 1.23. The van der Waals surface area contributed by atoms with E-state index in [1.165, 1.54) is 21.1 Å². The van der Waals surface area contributed by atoms with Gasteiger partial charge in [-0.3, -0.25) is 4.79 Å². The van der Waals surface area contributed by atoms with Crippen molar-refractivity contribution in [2.24, 2.45) is 24.4 Å². The number of nitrogens with two attached hydrogens (primary N) is 2. The Morgan fingerprint density at radius 2 is 2.15 bits per heavy atom. The minimum Gasteiger partial charge on any atom is -0.364 e. The largest absolute Gasteiger partial charge is 0.364 e. The highest BCUT2D eigenvalue weighted by atomic mass is 32.2. The molecule has 0 aliphatic carbocycles. The van der Waals surface area contributed by atoms with Gasteiger partial charge < -0.3 is 16.0 Å². The molecule has 0 bridgehead atoms. The highest BCUT2D eigenvalue weighted by Gasteiger charge is 2.38. The second-order valence-electron chi connectivity index (χ2n) is 5.30. The van der Waals surface area contributed by atoms with Crippen molar-refractivity contribution in [1.29, 1.82) is 0 Å². The molecule has 1 aromatic heterocycles. The van der Waals surface area contributed by atoms with Crippen molar-refractivity contribution in [3.63, 3.8) is 0 Å². The molecule has 8 heteroatoms. The lowest BCUT2D eigenvalue weighted by Crippen LogP contribution is -2.34. The monoisotopic (exact) mass is 300 g/mol. The molecule has 20 heavy (non-hydrogen) atoms. The maximum Gasteiger partial charge on any atom is 0.265 e. The maximum absolute atomic E-state index is 12.6. The zero-order valence-corrected chi connectivity index (χ0v) is 12.4. The smallest absolute Gasteiger partial charge is 0.265 e. The first-order valence-corrected chi connectivity index (χ1v) is 7.89. The van der Waals surface area contributed by atoms with E-state index in [0.717, 1.165) is 6.42 Å². The third kappa shape index (κ3) is 2.46. The number of carbonyl (C=O) groups excluding carboxylic acids is 1. The molecule has 1 aliphatic rings. The van der Waals surface area contributed by atoms with E-state index in [2.05, 4.69) is 0 Å². The summed E-state index contributed by atoms with van der Waals surface area (Å²) in [5.74, 6) is -0.470. The summed E-state index contributed by atoms with van der Waals surface area (Å²) in [6.45, 7) is 2.75. The predicted molar refractivity (Wildman–Crippen MR) is 74.4 cm³/mol. The van der Waals surface area contributed by atoms with Crippen LogP contribution in [0.3, 0.4) is 0 Å². The number of sulfonamides is 1. The van der Waals surface area contributed by atoms with E-state index in [1.54, 1.807) is 7.05 Å². The summed E-state index contributed by atoms with van der Waals surface area (Å²) in [6.07, 6.45) is 2.17. The van der Waals surface area contributed by atoms with Crippen molar-refractivity contribution < 1.29 is 13.2 Å². The second kappa shape index (κ2) is 5.19. The Labute approximate surface area is 118 Å². The quantitative estimate of drug-likeness (QED) is 0.779. The normalized spacial score (nSPS) is 24.1. The lowest BCUT2D eigenvalue weighted by molar-refractivity contribution is 0.0992. The van der Waals surface area contributed by atoms with E-state index in [0.29, 0.717) is 13.1 Å². The third-order valence-corrected chi connectivity index (χ3v) is 5.72. The summed E-state index contributed by atoms with van der Waals surface area (Å²) in [4.78, 5) is 11.3. The molecule has 0 radical (unpaired) electrons. The van der Waals surface area contributed by atoms with Crippen molar-refractivity contribution in [2.45, 2.75) is 24.3 Å². The molecular weight excluding hydrogens is 280 g/mol. The first kappa shape index (κ1) is 15.0. The number of amides is 1. The second-order valence-corrected chi connectivity index (χ2v) is 7.19. The molecule has 1 saturated heterocycles. The van der Waals surface area contributed by atoms with Crippen molar-refractivity contribution in [3.8, 4) is 0 Å². The number of rotatable bonds is 4. The third-order valence-electron chi connectivity index (χ3n) is 3.78. The van der Waals surface area contributed by atoms with Gasteiger partial charge in [0.25, 0.3) is 5.91 Å². The number of primary amides is 1. The Balaban J connectivity index is 2.36. The van der Waals surface area contributed by atoms with Crippen LogP contribution in [-0.2, 0) is 17.1 Å². The highest BCUT2D eigenvalue weighted by Crippen LogP contribution is 2.29. The Bertz CT molecular complexity index is 623. The van der Waals surface area contributed by atoms with Crippen molar-refractivity contribution >= 4 is 15.9 Å². The molecule has 0 spiro atoms. The summed E-state index contributed by atoms with van der Waals surface area (Å²) in [5, 5.41) is 0. The minimum atomic E-state index is -3.62. The van der Waals surface area contributed by atoms with E-state index >= 15 is 0 Å². The Morgan fingerprint density at radius 1 is 1.50 bits per heavy atom. The fourth-order valence-electron chi connectivity index (χ4n) is 2.67. The fraction of sp³-hybridized carbons (Fsp3) is 0.583. The zero-order valence-electron chi connectivity index (χ0n) is 11.6. The molecule has 4 N–H and O–H groups in total. The van der Waals surface area contributed by atoms with Crippen LogP contribution >= 0.6 is 0 Å². The molecule has 0 saturated carbocycles. The number of carbonyl (C=O) groups is 1. The number of aromatic nitrogens is 1. The number of hydrogen-bond acceptors (Lipinski definition) is 4. The average molecular weight is 300 g/mol. The first-order valence-electron chi connectivity index (χ1n) is 6.45. The molecule has 2 atom stereocenters. The van der Waals surface area contributed by atoms with Gasteiger partial charge in [-0.1, -0.05) is 0 Å². The van der Waals surface area contributed by atoms with Crippen LogP contribution < -0.4 is 11.5 Å². The van der Waals surface area contributed by atoms with Gasteiger partial charge in [0.15, 0.2) is 0 Å².